The van der Waals surface area contributed by atoms with E-state index in [1.807, 2.05) is 55.4 Å². The van der Waals surface area contributed by atoms with Crippen molar-refractivity contribution in [2.75, 3.05) is 6.54 Å². The molecule has 0 aliphatic rings. The molecule has 6 N–H and O–H groups in total. The Labute approximate surface area is 148 Å². The molecule has 2 atom stereocenters. The first-order valence-electron chi connectivity index (χ1n) is 8.93. The average molecular weight is 349 g/mol. The first-order valence-corrected chi connectivity index (χ1v) is 8.93. The van der Waals surface area contributed by atoms with Crippen molar-refractivity contribution in [2.45, 2.75) is 80.3 Å². The summed E-state index contributed by atoms with van der Waals surface area (Å²) in [7, 11) is 0. The van der Waals surface area contributed by atoms with Gasteiger partial charge in [-0.2, -0.15) is 0 Å². The monoisotopic (exact) mass is 348 g/mol. The van der Waals surface area contributed by atoms with E-state index >= 15 is 0 Å². The van der Waals surface area contributed by atoms with Gasteiger partial charge >= 0.3 is 6.03 Å². The number of hydrogen-bond donors (Lipinski definition) is 4. The Morgan fingerprint density at radius 1 is 1.04 bits per heavy atom. The van der Waals surface area contributed by atoms with Crippen LogP contribution in [0.25, 0.3) is 0 Å². The molecule has 0 aromatic rings. The normalized spacial score (nSPS) is 11.1. The predicted molar refractivity (Wildman–Crippen MR) is 102 cm³/mol. The molecule has 0 heterocycles. The quantitative estimate of drug-likeness (QED) is 0.396. The minimum atomic E-state index is -0.629. The molecule has 0 rings (SSSR count). The van der Waals surface area contributed by atoms with E-state index in [4.69, 9.17) is 11.5 Å². The fourth-order valence-corrected chi connectivity index (χ4v) is 1.29. The SMILES string of the molecule is CC.CC.CC.CC(C)C(N)C(=O)NC(C=O)CCCNC(N)=O. The van der Waals surface area contributed by atoms with Crippen molar-refractivity contribution >= 4 is 18.2 Å². The number of hydrogen-bond acceptors (Lipinski definition) is 4. The van der Waals surface area contributed by atoms with Gasteiger partial charge in [-0.1, -0.05) is 55.4 Å². The molecule has 7 nitrogen and oxygen atoms in total. The molecule has 0 spiro atoms. The molecular formula is C17H40N4O3. The number of nitrogens with one attached hydrogen (secondary N) is 2. The third kappa shape index (κ3) is 20.4. The molecule has 0 saturated heterocycles. The summed E-state index contributed by atoms with van der Waals surface area (Å²) in [4.78, 5) is 32.8. The zero-order valence-electron chi connectivity index (χ0n) is 16.8. The fraction of sp³-hybridized carbons (Fsp3) is 0.824. The van der Waals surface area contributed by atoms with Gasteiger partial charge in [-0.3, -0.25) is 4.79 Å². The second kappa shape index (κ2) is 23.6. The Balaban J connectivity index is -0.000000297. The molecule has 0 radical (unpaired) electrons. The van der Waals surface area contributed by atoms with Crippen molar-refractivity contribution in [1.29, 1.82) is 0 Å². The van der Waals surface area contributed by atoms with Crippen LogP contribution in [-0.2, 0) is 9.59 Å². The molecule has 0 aliphatic heterocycles. The van der Waals surface area contributed by atoms with E-state index in [0.29, 0.717) is 25.7 Å². The van der Waals surface area contributed by atoms with Crippen molar-refractivity contribution in [1.82, 2.24) is 10.6 Å². The number of urea groups is 1. The Morgan fingerprint density at radius 3 is 1.83 bits per heavy atom. The predicted octanol–water partition coefficient (Wildman–Crippen LogP) is 2.18. The molecule has 2 unspecified atom stereocenters. The molecule has 146 valence electrons. The molecular weight excluding hydrogens is 308 g/mol. The lowest BCUT2D eigenvalue weighted by molar-refractivity contribution is -0.126. The van der Waals surface area contributed by atoms with E-state index in [2.05, 4.69) is 10.6 Å². The fourth-order valence-electron chi connectivity index (χ4n) is 1.29. The number of amides is 3. The molecule has 0 aromatic heterocycles. The van der Waals surface area contributed by atoms with E-state index in [9.17, 15) is 14.4 Å². The molecule has 0 bridgehead atoms. The summed E-state index contributed by atoms with van der Waals surface area (Å²) in [6.07, 6.45) is 1.64. The maximum Gasteiger partial charge on any atom is 0.312 e. The van der Waals surface area contributed by atoms with E-state index in [1.165, 1.54) is 0 Å². The van der Waals surface area contributed by atoms with Gasteiger partial charge in [-0.25, -0.2) is 4.79 Å². The van der Waals surface area contributed by atoms with Crippen molar-refractivity contribution in [3.8, 4) is 0 Å². The van der Waals surface area contributed by atoms with Crippen LogP contribution in [0.5, 0.6) is 0 Å². The zero-order chi connectivity index (χ0) is 20.1. The van der Waals surface area contributed by atoms with Gasteiger partial charge in [0, 0.05) is 6.54 Å². The Morgan fingerprint density at radius 2 is 1.50 bits per heavy atom. The van der Waals surface area contributed by atoms with Crippen LogP contribution >= 0.6 is 0 Å². The summed E-state index contributed by atoms with van der Waals surface area (Å²) in [5.41, 5.74) is 10.5. The van der Waals surface area contributed by atoms with Crippen LogP contribution in [-0.4, -0.2) is 36.9 Å². The van der Waals surface area contributed by atoms with Crippen LogP contribution in [0.3, 0.4) is 0 Å². The highest BCUT2D eigenvalue weighted by atomic mass is 16.2. The highest BCUT2D eigenvalue weighted by Crippen LogP contribution is 2.00. The summed E-state index contributed by atoms with van der Waals surface area (Å²) >= 11 is 0. The molecule has 7 heteroatoms. The van der Waals surface area contributed by atoms with Gasteiger partial charge in [0.15, 0.2) is 0 Å². The third-order valence-electron chi connectivity index (χ3n) is 2.50. The van der Waals surface area contributed by atoms with Gasteiger partial charge in [0.1, 0.15) is 6.29 Å². The Bertz CT molecular complexity index is 298. The lowest BCUT2D eigenvalue weighted by Gasteiger charge is -2.18. The molecule has 0 aromatic carbocycles. The largest absolute Gasteiger partial charge is 0.352 e. The maximum absolute atomic E-state index is 11.6. The van der Waals surface area contributed by atoms with Crippen LogP contribution in [0.2, 0.25) is 0 Å². The van der Waals surface area contributed by atoms with Gasteiger partial charge < -0.3 is 26.9 Å². The zero-order valence-corrected chi connectivity index (χ0v) is 16.8. The van der Waals surface area contributed by atoms with Crippen molar-refractivity contribution in [3.63, 3.8) is 0 Å². The lowest BCUT2D eigenvalue weighted by Crippen LogP contribution is -2.48. The third-order valence-corrected chi connectivity index (χ3v) is 2.50. The van der Waals surface area contributed by atoms with E-state index in [1.54, 1.807) is 0 Å². The number of carbonyl (C=O) groups is 3. The lowest BCUT2D eigenvalue weighted by atomic mass is 10.0. The van der Waals surface area contributed by atoms with E-state index in [-0.39, 0.29) is 11.8 Å². The molecule has 24 heavy (non-hydrogen) atoms. The van der Waals surface area contributed by atoms with Crippen LogP contribution in [0, 0.1) is 5.92 Å². The summed E-state index contributed by atoms with van der Waals surface area (Å²) in [5, 5.41) is 4.96. The minimum absolute atomic E-state index is 0.00818. The summed E-state index contributed by atoms with van der Waals surface area (Å²) in [6, 6.07) is -1.82. The number of aldehydes is 1. The van der Waals surface area contributed by atoms with Gasteiger partial charge in [-0.15, -0.1) is 0 Å². The number of rotatable bonds is 8. The first-order chi connectivity index (χ1) is 11.4. The molecule has 0 fully saturated rings. The second-order valence-corrected chi connectivity index (χ2v) is 4.45. The van der Waals surface area contributed by atoms with Gasteiger partial charge in [0.25, 0.3) is 0 Å². The Hall–Kier alpha value is -1.63. The minimum Gasteiger partial charge on any atom is -0.352 e. The van der Waals surface area contributed by atoms with E-state index < -0.39 is 18.1 Å². The van der Waals surface area contributed by atoms with Crippen molar-refractivity contribution in [2.24, 2.45) is 17.4 Å². The van der Waals surface area contributed by atoms with Crippen LogP contribution in [0.4, 0.5) is 4.79 Å². The maximum atomic E-state index is 11.6. The first kappa shape index (κ1) is 30.3. The molecule has 0 saturated carbocycles. The number of primary amides is 1. The average Bonchev–Trinajstić information content (AvgIpc) is 2.61. The van der Waals surface area contributed by atoms with Crippen molar-refractivity contribution in [3.05, 3.63) is 0 Å². The number of nitrogens with two attached hydrogens (primary N) is 2. The standard InChI is InChI=1S/C11H22N4O3.3C2H6/c1-7(2)9(12)10(17)15-8(6-16)4-3-5-14-11(13)18;3*1-2/h6-9H,3-5,12H2,1-2H3,(H,15,17)(H3,13,14,18);3*1-2H3. The summed E-state index contributed by atoms with van der Waals surface area (Å²) in [6.45, 7) is 16.0. The van der Waals surface area contributed by atoms with Gasteiger partial charge in [0.2, 0.25) is 5.91 Å². The molecule has 0 aliphatic carbocycles. The van der Waals surface area contributed by atoms with E-state index in [0.717, 1.165) is 0 Å². The van der Waals surface area contributed by atoms with Gasteiger partial charge in [0.05, 0.1) is 12.1 Å². The highest BCUT2D eigenvalue weighted by Gasteiger charge is 2.20. The smallest absolute Gasteiger partial charge is 0.312 e. The highest BCUT2D eigenvalue weighted by molar-refractivity contribution is 5.84. The topological polar surface area (TPSA) is 127 Å². The van der Waals surface area contributed by atoms with Crippen LogP contribution in [0.1, 0.15) is 68.2 Å². The van der Waals surface area contributed by atoms with Crippen LogP contribution < -0.4 is 22.1 Å². The van der Waals surface area contributed by atoms with Gasteiger partial charge in [-0.05, 0) is 18.8 Å². The summed E-state index contributed by atoms with van der Waals surface area (Å²) < 4.78 is 0. The van der Waals surface area contributed by atoms with Crippen molar-refractivity contribution < 1.29 is 14.4 Å². The molecule has 3 amide bonds. The Kier molecular flexibility index (Phi) is 29.8. The summed E-state index contributed by atoms with van der Waals surface area (Å²) in [5.74, 6) is -0.334. The number of carbonyl (C=O) groups excluding carboxylic acids is 3. The van der Waals surface area contributed by atoms with Crippen LogP contribution in [0.15, 0.2) is 0 Å². The second-order valence-electron chi connectivity index (χ2n) is 4.45.